The molecule has 26 heavy (non-hydrogen) atoms. The van der Waals surface area contributed by atoms with E-state index >= 15 is 0 Å². The molecular weight excluding hydrogens is 344 g/mol. The highest BCUT2D eigenvalue weighted by atomic mass is 28.4. The highest BCUT2D eigenvalue weighted by Gasteiger charge is 2.38. The fourth-order valence-electron chi connectivity index (χ4n) is 2.30. The predicted molar refractivity (Wildman–Crippen MR) is 110 cm³/mol. The third-order valence-corrected chi connectivity index (χ3v) is 9.82. The van der Waals surface area contributed by atoms with E-state index in [-0.39, 0.29) is 11.1 Å². The van der Waals surface area contributed by atoms with Crippen molar-refractivity contribution in [2.45, 2.75) is 83.9 Å². The second kappa shape index (κ2) is 10.5. The van der Waals surface area contributed by atoms with Crippen LogP contribution in [0.3, 0.4) is 0 Å². The van der Waals surface area contributed by atoms with Crippen LogP contribution in [0.4, 0.5) is 0 Å². The zero-order chi connectivity index (χ0) is 19.8. The van der Waals surface area contributed by atoms with Crippen molar-refractivity contribution < 1.29 is 19.0 Å². The second-order valence-corrected chi connectivity index (χ2v) is 13.3. The summed E-state index contributed by atoms with van der Waals surface area (Å²) in [6, 6.07) is 7.83. The van der Waals surface area contributed by atoms with Gasteiger partial charge in [0, 0.05) is 0 Å². The van der Waals surface area contributed by atoms with Gasteiger partial charge < -0.3 is 19.0 Å². The average molecular weight is 383 g/mol. The Morgan fingerprint density at radius 3 is 2.23 bits per heavy atom. The number of ether oxygens (including phenoxy) is 2. The van der Waals surface area contributed by atoms with Crippen LogP contribution in [0.25, 0.3) is 0 Å². The maximum atomic E-state index is 10.6. The van der Waals surface area contributed by atoms with E-state index in [9.17, 15) is 5.11 Å². The monoisotopic (exact) mass is 382 g/mol. The van der Waals surface area contributed by atoms with E-state index < -0.39 is 14.4 Å². The highest BCUT2D eigenvalue weighted by Crippen LogP contribution is 2.36. The standard InChI is InChI=1S/C21H38O4Si/c1-8-9-10-19(22)20(16-25-26(6,7)21(2,3)4)24-15-17-11-13-18(23-5)14-12-17/h11-14,19-20,22H,8-10,15-16H2,1-7H3/t19-,20+/m1/s1. The summed E-state index contributed by atoms with van der Waals surface area (Å²) in [4.78, 5) is 0. The Labute approximate surface area is 161 Å². The van der Waals surface area contributed by atoms with Crippen molar-refractivity contribution in [3.63, 3.8) is 0 Å². The first kappa shape index (κ1) is 23.2. The molecule has 0 aromatic heterocycles. The molecule has 0 aliphatic rings. The minimum Gasteiger partial charge on any atom is -0.497 e. The minimum atomic E-state index is -1.87. The molecule has 1 N–H and O–H groups in total. The van der Waals surface area contributed by atoms with Crippen molar-refractivity contribution in [3.8, 4) is 5.75 Å². The van der Waals surface area contributed by atoms with Crippen molar-refractivity contribution >= 4 is 8.32 Å². The molecule has 5 heteroatoms. The van der Waals surface area contributed by atoms with Crippen LogP contribution in [0.15, 0.2) is 24.3 Å². The van der Waals surface area contributed by atoms with Gasteiger partial charge in [-0.15, -0.1) is 0 Å². The Balaban J connectivity index is 2.71. The average Bonchev–Trinajstić information content (AvgIpc) is 2.59. The van der Waals surface area contributed by atoms with Crippen molar-refractivity contribution in [1.82, 2.24) is 0 Å². The molecule has 1 aromatic rings. The lowest BCUT2D eigenvalue weighted by Gasteiger charge is -2.37. The Hall–Kier alpha value is -0.883. The van der Waals surface area contributed by atoms with Crippen LogP contribution in [0.1, 0.15) is 52.5 Å². The van der Waals surface area contributed by atoms with Gasteiger partial charge in [-0.25, -0.2) is 0 Å². The van der Waals surface area contributed by atoms with Gasteiger partial charge >= 0.3 is 0 Å². The third-order valence-electron chi connectivity index (χ3n) is 5.32. The first-order chi connectivity index (χ1) is 12.1. The largest absolute Gasteiger partial charge is 0.497 e. The van der Waals surface area contributed by atoms with E-state index in [1.807, 2.05) is 24.3 Å². The van der Waals surface area contributed by atoms with E-state index in [4.69, 9.17) is 13.9 Å². The Morgan fingerprint density at radius 2 is 1.73 bits per heavy atom. The lowest BCUT2D eigenvalue weighted by atomic mass is 10.1. The lowest BCUT2D eigenvalue weighted by molar-refractivity contribution is -0.0709. The highest BCUT2D eigenvalue weighted by molar-refractivity contribution is 6.74. The molecule has 0 amide bonds. The van der Waals surface area contributed by atoms with E-state index in [0.29, 0.717) is 13.2 Å². The molecule has 0 radical (unpaired) electrons. The van der Waals surface area contributed by atoms with Crippen LogP contribution in [0.5, 0.6) is 5.75 Å². The summed E-state index contributed by atoms with van der Waals surface area (Å²) >= 11 is 0. The summed E-state index contributed by atoms with van der Waals surface area (Å²) in [5, 5.41) is 10.7. The fourth-order valence-corrected chi connectivity index (χ4v) is 3.32. The van der Waals surface area contributed by atoms with E-state index in [2.05, 4.69) is 40.8 Å². The van der Waals surface area contributed by atoms with Gasteiger partial charge in [-0.05, 0) is 42.2 Å². The van der Waals surface area contributed by atoms with Crippen LogP contribution < -0.4 is 4.74 Å². The third kappa shape index (κ3) is 7.39. The smallest absolute Gasteiger partial charge is 0.192 e. The topological polar surface area (TPSA) is 47.9 Å². The summed E-state index contributed by atoms with van der Waals surface area (Å²) in [5.74, 6) is 0.828. The molecule has 0 spiro atoms. The van der Waals surface area contributed by atoms with E-state index in [1.165, 1.54) is 0 Å². The molecule has 150 valence electrons. The molecule has 0 heterocycles. The van der Waals surface area contributed by atoms with Crippen molar-refractivity contribution in [1.29, 1.82) is 0 Å². The molecule has 0 unspecified atom stereocenters. The molecule has 0 saturated heterocycles. The molecule has 4 nitrogen and oxygen atoms in total. The molecular formula is C21H38O4Si. The number of methoxy groups -OCH3 is 1. The number of hydrogen-bond acceptors (Lipinski definition) is 4. The van der Waals surface area contributed by atoms with Gasteiger partial charge in [-0.1, -0.05) is 52.7 Å². The van der Waals surface area contributed by atoms with Gasteiger partial charge in [0.1, 0.15) is 11.9 Å². The molecule has 0 bridgehead atoms. The van der Waals surface area contributed by atoms with Crippen molar-refractivity contribution in [2.75, 3.05) is 13.7 Å². The molecule has 0 aliphatic carbocycles. The number of aliphatic hydroxyl groups is 1. The SMILES string of the molecule is CCCC[C@@H](O)[C@H](CO[Si](C)(C)C(C)(C)C)OCc1ccc(OC)cc1. The first-order valence-corrected chi connectivity index (χ1v) is 12.6. The molecule has 0 saturated carbocycles. The molecule has 1 rings (SSSR count). The first-order valence-electron chi connectivity index (χ1n) is 9.67. The van der Waals surface area contributed by atoms with Gasteiger partial charge in [0.05, 0.1) is 26.4 Å². The fraction of sp³-hybridized carbons (Fsp3) is 0.714. The van der Waals surface area contributed by atoms with Crippen LogP contribution in [0, 0.1) is 0 Å². The number of unbranched alkanes of at least 4 members (excludes halogenated alkanes) is 1. The number of hydrogen-bond donors (Lipinski definition) is 1. The summed E-state index contributed by atoms with van der Waals surface area (Å²) in [6.45, 7) is 14.2. The molecule has 0 fully saturated rings. The lowest BCUT2D eigenvalue weighted by Crippen LogP contribution is -2.45. The van der Waals surface area contributed by atoms with Crippen LogP contribution in [0.2, 0.25) is 18.1 Å². The van der Waals surface area contributed by atoms with E-state index in [1.54, 1.807) is 7.11 Å². The van der Waals surface area contributed by atoms with Gasteiger partial charge in [-0.3, -0.25) is 0 Å². The molecule has 1 aromatic carbocycles. The van der Waals surface area contributed by atoms with Crippen molar-refractivity contribution in [3.05, 3.63) is 29.8 Å². The summed E-state index contributed by atoms with van der Waals surface area (Å²) in [5.41, 5.74) is 1.06. The second-order valence-electron chi connectivity index (χ2n) is 8.48. The normalized spacial score (nSPS) is 14.9. The quantitative estimate of drug-likeness (QED) is 0.537. The van der Waals surface area contributed by atoms with Crippen LogP contribution in [-0.2, 0) is 15.8 Å². The van der Waals surface area contributed by atoms with Crippen LogP contribution >= 0.6 is 0 Å². The maximum Gasteiger partial charge on any atom is 0.192 e. The predicted octanol–water partition coefficient (Wildman–Crippen LogP) is 5.15. The summed E-state index contributed by atoms with van der Waals surface area (Å²) < 4.78 is 17.6. The van der Waals surface area contributed by atoms with Gasteiger partial charge in [0.25, 0.3) is 0 Å². The van der Waals surface area contributed by atoms with E-state index in [0.717, 1.165) is 30.6 Å². The van der Waals surface area contributed by atoms with Gasteiger partial charge in [0.15, 0.2) is 8.32 Å². The molecule has 2 atom stereocenters. The summed E-state index contributed by atoms with van der Waals surface area (Å²) in [7, 11) is -0.217. The number of aliphatic hydroxyl groups excluding tert-OH is 1. The zero-order valence-electron chi connectivity index (χ0n) is 17.7. The minimum absolute atomic E-state index is 0.141. The van der Waals surface area contributed by atoms with Crippen LogP contribution in [-0.4, -0.2) is 39.3 Å². The maximum absolute atomic E-state index is 10.6. The zero-order valence-corrected chi connectivity index (χ0v) is 18.7. The summed E-state index contributed by atoms with van der Waals surface area (Å²) in [6.07, 6.45) is 1.98. The Bertz CT molecular complexity index is 508. The Morgan fingerprint density at radius 1 is 1.12 bits per heavy atom. The molecule has 0 aliphatic heterocycles. The Kier molecular flexibility index (Phi) is 9.31. The van der Waals surface area contributed by atoms with Gasteiger partial charge in [-0.2, -0.15) is 0 Å². The van der Waals surface area contributed by atoms with Gasteiger partial charge in [0.2, 0.25) is 0 Å². The number of benzene rings is 1. The van der Waals surface area contributed by atoms with Crippen molar-refractivity contribution in [2.24, 2.45) is 0 Å². The number of rotatable bonds is 11.